The molecular weight excluding hydrogens is 318 g/mol. The Hall–Kier alpha value is -1.46. The van der Waals surface area contributed by atoms with Crippen LogP contribution in [0.5, 0.6) is 11.8 Å². The van der Waals surface area contributed by atoms with Gasteiger partial charge in [0, 0.05) is 28.5 Å². The molecule has 0 aliphatic carbocycles. The minimum Gasteiger partial charge on any atom is -0.424 e. The van der Waals surface area contributed by atoms with Gasteiger partial charge in [0.1, 0.15) is 5.75 Å². The van der Waals surface area contributed by atoms with Gasteiger partial charge < -0.3 is 10.1 Å². The van der Waals surface area contributed by atoms with Gasteiger partial charge in [0.2, 0.25) is 0 Å². The van der Waals surface area contributed by atoms with Gasteiger partial charge in [-0.1, -0.05) is 22.9 Å². The van der Waals surface area contributed by atoms with Gasteiger partial charge in [0.05, 0.1) is 0 Å². The maximum Gasteiger partial charge on any atom is 0.322 e. The molecule has 0 fully saturated rings. The van der Waals surface area contributed by atoms with Crippen molar-refractivity contribution in [3.8, 4) is 11.8 Å². The second-order valence-corrected chi connectivity index (χ2v) is 5.41. The van der Waals surface area contributed by atoms with Crippen LogP contribution >= 0.6 is 15.9 Å². The Labute approximate surface area is 127 Å². The molecule has 0 aliphatic heterocycles. The lowest BCUT2D eigenvalue weighted by atomic mass is 10.2. The second kappa shape index (κ2) is 6.81. The van der Waals surface area contributed by atoms with E-state index in [0.717, 1.165) is 40.1 Å². The van der Waals surface area contributed by atoms with E-state index < -0.39 is 0 Å². The maximum atomic E-state index is 5.69. The number of nitrogens with one attached hydrogen (secondary N) is 1. The summed E-state index contributed by atoms with van der Waals surface area (Å²) in [5, 5.41) is 3.26. The molecule has 5 heteroatoms. The van der Waals surface area contributed by atoms with Crippen molar-refractivity contribution in [1.29, 1.82) is 0 Å². The molecule has 0 aliphatic rings. The van der Waals surface area contributed by atoms with Gasteiger partial charge in [-0.05, 0) is 44.2 Å². The number of rotatable bonds is 5. The quantitative estimate of drug-likeness (QED) is 0.903. The number of benzene rings is 1. The number of hydrogen-bond donors (Lipinski definition) is 1. The van der Waals surface area contributed by atoms with Gasteiger partial charge in [0.25, 0.3) is 0 Å². The van der Waals surface area contributed by atoms with E-state index in [4.69, 9.17) is 4.74 Å². The van der Waals surface area contributed by atoms with E-state index in [2.05, 4.69) is 38.1 Å². The third-order valence-electron chi connectivity index (χ3n) is 2.96. The van der Waals surface area contributed by atoms with Crippen LogP contribution in [0.1, 0.15) is 23.7 Å². The first-order valence-electron chi connectivity index (χ1n) is 6.57. The smallest absolute Gasteiger partial charge is 0.322 e. The molecule has 0 spiro atoms. The van der Waals surface area contributed by atoms with Crippen molar-refractivity contribution in [3.63, 3.8) is 0 Å². The molecule has 106 valence electrons. The molecule has 1 aromatic carbocycles. The van der Waals surface area contributed by atoms with Crippen LogP contribution in [0, 0.1) is 13.8 Å². The van der Waals surface area contributed by atoms with E-state index in [-0.39, 0.29) is 0 Å². The van der Waals surface area contributed by atoms with Gasteiger partial charge in [-0.2, -0.15) is 4.98 Å². The largest absolute Gasteiger partial charge is 0.424 e. The van der Waals surface area contributed by atoms with Crippen molar-refractivity contribution in [1.82, 2.24) is 15.3 Å². The van der Waals surface area contributed by atoms with Crippen molar-refractivity contribution < 1.29 is 4.74 Å². The first-order valence-corrected chi connectivity index (χ1v) is 7.36. The van der Waals surface area contributed by atoms with Crippen LogP contribution in [0.2, 0.25) is 0 Å². The summed E-state index contributed by atoms with van der Waals surface area (Å²) in [5.74, 6) is 0.740. The van der Waals surface area contributed by atoms with E-state index in [1.807, 2.05) is 38.2 Å². The zero-order chi connectivity index (χ0) is 14.5. The predicted octanol–water partition coefficient (Wildman–Crippen LogP) is 3.76. The van der Waals surface area contributed by atoms with Crippen LogP contribution in [-0.4, -0.2) is 16.5 Å². The van der Waals surface area contributed by atoms with Gasteiger partial charge >= 0.3 is 6.01 Å². The standard InChI is InChI=1S/C15H18BrN3O/c1-4-17-8-12-9-18-15(19-11(12)3)20-13-5-6-14(16)10(2)7-13/h5-7,9,17H,4,8H2,1-3H3. The van der Waals surface area contributed by atoms with Crippen LogP contribution < -0.4 is 10.1 Å². The molecule has 0 radical (unpaired) electrons. The number of aromatic nitrogens is 2. The fourth-order valence-corrected chi connectivity index (χ4v) is 1.99. The predicted molar refractivity (Wildman–Crippen MR) is 83.1 cm³/mol. The van der Waals surface area contributed by atoms with Gasteiger partial charge in [-0.3, -0.25) is 0 Å². The highest BCUT2D eigenvalue weighted by Crippen LogP contribution is 2.24. The molecule has 1 N–H and O–H groups in total. The maximum absolute atomic E-state index is 5.69. The van der Waals surface area contributed by atoms with E-state index in [0.29, 0.717) is 6.01 Å². The SMILES string of the molecule is CCNCc1cnc(Oc2ccc(Br)c(C)c2)nc1C. The summed E-state index contributed by atoms with van der Waals surface area (Å²) in [4.78, 5) is 8.64. The molecule has 2 aromatic rings. The number of ether oxygens (including phenoxy) is 1. The molecule has 0 saturated heterocycles. The lowest BCUT2D eigenvalue weighted by molar-refractivity contribution is 0.438. The molecule has 1 aromatic heterocycles. The molecule has 4 nitrogen and oxygen atoms in total. The number of aryl methyl sites for hydroxylation is 2. The topological polar surface area (TPSA) is 47.0 Å². The lowest BCUT2D eigenvalue weighted by Crippen LogP contribution is -2.13. The Morgan fingerprint density at radius 2 is 2.10 bits per heavy atom. The molecule has 0 saturated carbocycles. The Balaban J connectivity index is 2.13. The minimum absolute atomic E-state index is 0.379. The van der Waals surface area contributed by atoms with Crippen molar-refractivity contribution in [2.45, 2.75) is 27.3 Å². The fourth-order valence-electron chi connectivity index (χ4n) is 1.74. The molecule has 0 bridgehead atoms. The molecule has 2 rings (SSSR count). The summed E-state index contributed by atoms with van der Waals surface area (Å²) in [5.41, 5.74) is 3.14. The Bertz CT molecular complexity index is 602. The first kappa shape index (κ1) is 14.9. The lowest BCUT2D eigenvalue weighted by Gasteiger charge is -2.09. The van der Waals surface area contributed by atoms with Crippen molar-refractivity contribution >= 4 is 15.9 Å². The van der Waals surface area contributed by atoms with E-state index in [9.17, 15) is 0 Å². The van der Waals surface area contributed by atoms with E-state index >= 15 is 0 Å². The monoisotopic (exact) mass is 335 g/mol. The summed E-state index contributed by atoms with van der Waals surface area (Å²) in [6.45, 7) is 7.76. The zero-order valence-electron chi connectivity index (χ0n) is 11.9. The average Bonchev–Trinajstić information content (AvgIpc) is 2.42. The van der Waals surface area contributed by atoms with Gasteiger partial charge in [-0.15, -0.1) is 0 Å². The summed E-state index contributed by atoms with van der Waals surface area (Å²) in [6.07, 6.45) is 1.81. The Morgan fingerprint density at radius 3 is 2.75 bits per heavy atom. The highest BCUT2D eigenvalue weighted by molar-refractivity contribution is 9.10. The summed E-state index contributed by atoms with van der Waals surface area (Å²) in [7, 11) is 0. The van der Waals surface area contributed by atoms with Crippen LogP contribution in [0.3, 0.4) is 0 Å². The third-order valence-corrected chi connectivity index (χ3v) is 3.85. The zero-order valence-corrected chi connectivity index (χ0v) is 13.5. The molecule has 20 heavy (non-hydrogen) atoms. The Kier molecular flexibility index (Phi) is 5.09. The summed E-state index contributed by atoms with van der Waals surface area (Å²) >= 11 is 3.47. The number of halogens is 1. The van der Waals surface area contributed by atoms with Crippen molar-refractivity contribution in [2.24, 2.45) is 0 Å². The van der Waals surface area contributed by atoms with Crippen LogP contribution in [0.25, 0.3) is 0 Å². The fraction of sp³-hybridized carbons (Fsp3) is 0.333. The molecule has 1 heterocycles. The van der Waals surface area contributed by atoms with Crippen LogP contribution in [0.4, 0.5) is 0 Å². The van der Waals surface area contributed by atoms with Crippen LogP contribution in [-0.2, 0) is 6.54 Å². The third kappa shape index (κ3) is 3.77. The van der Waals surface area contributed by atoms with E-state index in [1.165, 1.54) is 0 Å². The van der Waals surface area contributed by atoms with Gasteiger partial charge in [0.15, 0.2) is 0 Å². The molecule has 0 amide bonds. The normalized spacial score (nSPS) is 10.6. The van der Waals surface area contributed by atoms with Gasteiger partial charge in [-0.25, -0.2) is 4.98 Å². The molecular formula is C15H18BrN3O. The molecule has 0 atom stereocenters. The highest BCUT2D eigenvalue weighted by atomic mass is 79.9. The first-order chi connectivity index (χ1) is 9.60. The average molecular weight is 336 g/mol. The van der Waals surface area contributed by atoms with E-state index in [1.54, 1.807) is 0 Å². The minimum atomic E-state index is 0.379. The van der Waals surface area contributed by atoms with Crippen LogP contribution in [0.15, 0.2) is 28.9 Å². The molecule has 0 unspecified atom stereocenters. The number of hydrogen-bond acceptors (Lipinski definition) is 4. The number of nitrogens with zero attached hydrogens (tertiary/aromatic N) is 2. The highest BCUT2D eigenvalue weighted by Gasteiger charge is 2.06. The summed E-state index contributed by atoms with van der Waals surface area (Å²) < 4.78 is 6.75. The Morgan fingerprint density at radius 1 is 1.30 bits per heavy atom. The van der Waals surface area contributed by atoms with Crippen molar-refractivity contribution in [2.75, 3.05) is 6.54 Å². The summed E-state index contributed by atoms with van der Waals surface area (Å²) in [6, 6.07) is 6.18. The second-order valence-electron chi connectivity index (χ2n) is 4.56. The van der Waals surface area contributed by atoms with Crippen molar-refractivity contribution in [3.05, 3.63) is 45.7 Å².